The Kier molecular flexibility index (Phi) is 6.48. The van der Waals surface area contributed by atoms with Gasteiger partial charge in [-0.1, -0.05) is 6.07 Å². The molecule has 9 nitrogen and oxygen atoms in total. The number of anilines is 2. The highest BCUT2D eigenvalue weighted by molar-refractivity contribution is 5.57. The van der Waals surface area contributed by atoms with Crippen LogP contribution in [0.5, 0.6) is 0 Å². The zero-order valence-corrected chi connectivity index (χ0v) is 15.2. The van der Waals surface area contributed by atoms with Crippen molar-refractivity contribution in [1.29, 1.82) is 0 Å². The summed E-state index contributed by atoms with van der Waals surface area (Å²) in [5.74, 6) is 1.09. The largest absolute Gasteiger partial charge is 0.364 e. The molecule has 0 unspecified atom stereocenters. The average molecular weight is 371 g/mol. The molecule has 1 aliphatic rings. The fourth-order valence-electron chi connectivity index (χ4n) is 3.22. The number of aromatic nitrogens is 3. The summed E-state index contributed by atoms with van der Waals surface area (Å²) < 4.78 is 0. The lowest BCUT2D eigenvalue weighted by Gasteiger charge is -2.26. The molecule has 0 radical (unpaired) electrons. The molecule has 0 aliphatic heterocycles. The van der Waals surface area contributed by atoms with Crippen LogP contribution >= 0.6 is 0 Å². The smallest absolute Gasteiger partial charge is 0.329 e. The molecule has 27 heavy (non-hydrogen) atoms. The SMILES string of the molecule is NC1CCC(CNc2nc(NCCc3cccnc3)ncc2[N+](=O)[O-])CC1. The molecule has 9 heteroatoms. The third-order valence-electron chi connectivity index (χ3n) is 4.84. The van der Waals surface area contributed by atoms with Gasteiger partial charge in [-0.15, -0.1) is 0 Å². The van der Waals surface area contributed by atoms with Crippen LogP contribution in [0.2, 0.25) is 0 Å². The van der Waals surface area contributed by atoms with Crippen molar-refractivity contribution in [2.24, 2.45) is 11.7 Å². The molecule has 0 aromatic carbocycles. The molecule has 0 amide bonds. The maximum Gasteiger partial charge on any atom is 0.329 e. The number of hydrogen-bond donors (Lipinski definition) is 3. The number of rotatable bonds is 8. The minimum Gasteiger partial charge on any atom is -0.364 e. The van der Waals surface area contributed by atoms with Crippen molar-refractivity contribution in [2.45, 2.75) is 38.1 Å². The van der Waals surface area contributed by atoms with Crippen LogP contribution in [-0.4, -0.2) is 39.0 Å². The highest BCUT2D eigenvalue weighted by Crippen LogP contribution is 2.26. The van der Waals surface area contributed by atoms with Crippen molar-refractivity contribution in [2.75, 3.05) is 23.7 Å². The first-order chi connectivity index (χ1) is 13.1. The van der Waals surface area contributed by atoms with Crippen molar-refractivity contribution in [1.82, 2.24) is 15.0 Å². The highest BCUT2D eigenvalue weighted by Gasteiger charge is 2.21. The van der Waals surface area contributed by atoms with Crippen LogP contribution in [0.1, 0.15) is 31.2 Å². The van der Waals surface area contributed by atoms with Crippen molar-refractivity contribution < 1.29 is 4.92 Å². The minimum absolute atomic E-state index is 0.111. The van der Waals surface area contributed by atoms with E-state index in [2.05, 4.69) is 25.6 Å². The van der Waals surface area contributed by atoms with E-state index in [4.69, 9.17) is 5.73 Å². The summed E-state index contributed by atoms with van der Waals surface area (Å²) in [6, 6.07) is 4.16. The molecule has 1 fully saturated rings. The number of nitrogens with two attached hydrogens (primary N) is 1. The van der Waals surface area contributed by atoms with E-state index in [0.29, 0.717) is 25.0 Å². The van der Waals surface area contributed by atoms with Crippen molar-refractivity contribution >= 4 is 17.5 Å². The predicted molar refractivity (Wildman–Crippen MR) is 104 cm³/mol. The monoisotopic (exact) mass is 371 g/mol. The Labute approximate surface area is 158 Å². The summed E-state index contributed by atoms with van der Waals surface area (Å²) in [6.45, 7) is 1.27. The lowest BCUT2D eigenvalue weighted by atomic mass is 9.86. The second-order valence-electron chi connectivity index (χ2n) is 6.88. The first-order valence-electron chi connectivity index (χ1n) is 9.25. The summed E-state index contributed by atoms with van der Waals surface area (Å²) in [4.78, 5) is 23.3. The van der Waals surface area contributed by atoms with Gasteiger partial charge in [0.05, 0.1) is 4.92 Å². The number of hydrogen-bond acceptors (Lipinski definition) is 8. The van der Waals surface area contributed by atoms with Crippen LogP contribution in [0.3, 0.4) is 0 Å². The fourth-order valence-corrected chi connectivity index (χ4v) is 3.22. The van der Waals surface area contributed by atoms with E-state index in [1.54, 1.807) is 12.4 Å². The molecule has 1 aliphatic carbocycles. The lowest BCUT2D eigenvalue weighted by molar-refractivity contribution is -0.384. The van der Waals surface area contributed by atoms with Gasteiger partial charge < -0.3 is 16.4 Å². The van der Waals surface area contributed by atoms with Gasteiger partial charge in [-0.2, -0.15) is 4.98 Å². The molecular weight excluding hydrogens is 346 g/mol. The second-order valence-corrected chi connectivity index (χ2v) is 6.88. The van der Waals surface area contributed by atoms with Crippen LogP contribution in [0.4, 0.5) is 17.5 Å². The van der Waals surface area contributed by atoms with Gasteiger partial charge in [0, 0.05) is 31.5 Å². The Hall–Kier alpha value is -2.81. The Balaban J connectivity index is 1.59. The van der Waals surface area contributed by atoms with Gasteiger partial charge >= 0.3 is 5.69 Å². The molecule has 0 saturated heterocycles. The maximum atomic E-state index is 11.3. The molecule has 144 valence electrons. The second kappa shape index (κ2) is 9.22. The number of nitrogens with one attached hydrogen (secondary N) is 2. The van der Waals surface area contributed by atoms with Gasteiger partial charge in [0.25, 0.3) is 0 Å². The predicted octanol–water partition coefficient (Wildman–Crippen LogP) is 2.36. The van der Waals surface area contributed by atoms with Crippen molar-refractivity contribution in [3.05, 3.63) is 46.4 Å². The molecule has 2 aromatic heterocycles. The zero-order valence-electron chi connectivity index (χ0n) is 15.2. The lowest BCUT2D eigenvalue weighted by Crippen LogP contribution is -2.29. The zero-order chi connectivity index (χ0) is 19.1. The summed E-state index contributed by atoms with van der Waals surface area (Å²) in [6.07, 6.45) is 9.61. The Bertz CT molecular complexity index is 749. The van der Waals surface area contributed by atoms with E-state index in [9.17, 15) is 10.1 Å². The number of nitrogens with zero attached hydrogens (tertiary/aromatic N) is 4. The highest BCUT2D eigenvalue weighted by atomic mass is 16.6. The van der Waals surface area contributed by atoms with Gasteiger partial charge in [-0.3, -0.25) is 15.1 Å². The average Bonchev–Trinajstić information content (AvgIpc) is 2.68. The van der Waals surface area contributed by atoms with Gasteiger partial charge in [0.1, 0.15) is 6.20 Å². The first kappa shape index (κ1) is 19.0. The van der Waals surface area contributed by atoms with Crippen LogP contribution < -0.4 is 16.4 Å². The third-order valence-corrected chi connectivity index (χ3v) is 4.84. The minimum atomic E-state index is -0.460. The number of pyridine rings is 1. The van der Waals surface area contributed by atoms with E-state index < -0.39 is 4.92 Å². The van der Waals surface area contributed by atoms with E-state index in [-0.39, 0.29) is 17.5 Å². The number of nitro groups is 1. The molecule has 0 atom stereocenters. The van der Waals surface area contributed by atoms with Crippen LogP contribution in [0.15, 0.2) is 30.7 Å². The quantitative estimate of drug-likeness (QED) is 0.476. The standard InChI is InChI=1S/C18H25N7O2/c19-15-5-3-14(4-6-15)11-22-17-16(25(26)27)12-23-18(24-17)21-9-7-13-2-1-8-20-10-13/h1-2,8,10,12,14-15H,3-7,9,11,19H2,(H2,21,22,23,24). The molecule has 1 saturated carbocycles. The Morgan fingerprint density at radius 3 is 2.74 bits per heavy atom. The molecular formula is C18H25N7O2. The van der Waals surface area contributed by atoms with E-state index in [1.807, 2.05) is 12.1 Å². The first-order valence-corrected chi connectivity index (χ1v) is 9.25. The topological polar surface area (TPSA) is 132 Å². The van der Waals surface area contributed by atoms with E-state index in [0.717, 1.165) is 37.7 Å². The van der Waals surface area contributed by atoms with Gasteiger partial charge in [-0.05, 0) is 49.7 Å². The van der Waals surface area contributed by atoms with Crippen molar-refractivity contribution in [3.8, 4) is 0 Å². The molecule has 4 N–H and O–H groups in total. The molecule has 2 heterocycles. The Morgan fingerprint density at radius 1 is 1.22 bits per heavy atom. The molecule has 0 bridgehead atoms. The summed E-state index contributed by atoms with van der Waals surface area (Å²) in [7, 11) is 0. The van der Waals surface area contributed by atoms with E-state index in [1.165, 1.54) is 6.20 Å². The van der Waals surface area contributed by atoms with Crippen LogP contribution in [0, 0.1) is 16.0 Å². The normalized spacial score (nSPS) is 19.4. The summed E-state index contributed by atoms with van der Waals surface area (Å²) >= 11 is 0. The van der Waals surface area contributed by atoms with Gasteiger partial charge in [0.15, 0.2) is 0 Å². The summed E-state index contributed by atoms with van der Waals surface area (Å²) in [5, 5.41) is 17.5. The van der Waals surface area contributed by atoms with Crippen LogP contribution in [0.25, 0.3) is 0 Å². The van der Waals surface area contributed by atoms with Gasteiger partial charge in [-0.25, -0.2) is 4.98 Å². The van der Waals surface area contributed by atoms with Crippen LogP contribution in [-0.2, 0) is 6.42 Å². The Morgan fingerprint density at radius 2 is 2.04 bits per heavy atom. The third kappa shape index (κ3) is 5.58. The summed E-state index contributed by atoms with van der Waals surface area (Å²) in [5.41, 5.74) is 6.92. The fraction of sp³-hybridized carbons (Fsp3) is 0.500. The van der Waals surface area contributed by atoms with Crippen molar-refractivity contribution in [3.63, 3.8) is 0 Å². The molecule has 3 rings (SSSR count). The molecule has 2 aromatic rings. The van der Waals surface area contributed by atoms with Gasteiger partial charge in [0.2, 0.25) is 11.8 Å². The van der Waals surface area contributed by atoms with E-state index >= 15 is 0 Å². The molecule has 0 spiro atoms. The maximum absolute atomic E-state index is 11.3.